The third-order valence-electron chi connectivity index (χ3n) is 3.59. The monoisotopic (exact) mass is 348 g/mol. The van der Waals surface area contributed by atoms with Gasteiger partial charge in [0, 0.05) is 18.4 Å². The molecule has 0 aliphatic rings. The molecule has 3 aromatic rings. The Balaban J connectivity index is 1.93. The summed E-state index contributed by atoms with van der Waals surface area (Å²) in [6.45, 7) is 2.88. The number of rotatable bonds is 5. The Kier molecular flexibility index (Phi) is 4.07. The van der Waals surface area contributed by atoms with Crippen molar-refractivity contribution < 1.29 is 4.42 Å². The van der Waals surface area contributed by atoms with Gasteiger partial charge in [0.1, 0.15) is 23.5 Å². The van der Waals surface area contributed by atoms with Gasteiger partial charge in [0.15, 0.2) is 0 Å². The first-order valence-electron chi connectivity index (χ1n) is 6.94. The molecule has 0 aliphatic carbocycles. The van der Waals surface area contributed by atoms with Gasteiger partial charge in [0.25, 0.3) is 0 Å². The number of aromatic nitrogens is 3. The van der Waals surface area contributed by atoms with Gasteiger partial charge in [-0.2, -0.15) is 5.10 Å². The van der Waals surface area contributed by atoms with E-state index in [2.05, 4.69) is 44.3 Å². The Morgan fingerprint density at radius 2 is 2.29 bits per heavy atom. The minimum absolute atomic E-state index is 0.0683. The van der Waals surface area contributed by atoms with Crippen molar-refractivity contribution >= 4 is 26.9 Å². The van der Waals surface area contributed by atoms with Gasteiger partial charge in [-0.25, -0.2) is 4.98 Å². The maximum Gasteiger partial charge on any atom is 0.148 e. The maximum absolute atomic E-state index is 6.01. The smallest absolute Gasteiger partial charge is 0.148 e. The molecule has 21 heavy (non-hydrogen) atoms. The molecule has 0 spiro atoms. The third kappa shape index (κ3) is 2.73. The van der Waals surface area contributed by atoms with Crippen LogP contribution in [0.15, 0.2) is 39.5 Å². The second-order valence-corrected chi connectivity index (χ2v) is 5.70. The van der Waals surface area contributed by atoms with Crippen molar-refractivity contribution in [2.75, 3.05) is 7.05 Å². The highest BCUT2D eigenvalue weighted by atomic mass is 79.9. The summed E-state index contributed by atoms with van der Waals surface area (Å²) in [5.74, 6) is 1.86. The quantitative estimate of drug-likeness (QED) is 0.768. The van der Waals surface area contributed by atoms with Crippen molar-refractivity contribution in [1.29, 1.82) is 0 Å². The van der Waals surface area contributed by atoms with E-state index in [0.29, 0.717) is 0 Å². The number of nitrogens with one attached hydrogen (secondary N) is 1. The van der Waals surface area contributed by atoms with E-state index in [1.165, 1.54) is 0 Å². The summed E-state index contributed by atoms with van der Waals surface area (Å²) in [6, 6.07) is 8.19. The molecule has 2 heterocycles. The van der Waals surface area contributed by atoms with Crippen LogP contribution in [0.1, 0.15) is 24.6 Å². The zero-order chi connectivity index (χ0) is 14.8. The number of likely N-dealkylation sites (N-methyl/N-ethyl adjacent to an activating group) is 1. The molecule has 0 fully saturated rings. The van der Waals surface area contributed by atoms with Gasteiger partial charge in [-0.15, -0.1) is 0 Å². The Labute approximate surface area is 131 Å². The maximum atomic E-state index is 6.01. The zero-order valence-electron chi connectivity index (χ0n) is 12.0. The van der Waals surface area contributed by atoms with Gasteiger partial charge in [-0.05, 0) is 42.0 Å². The topological polar surface area (TPSA) is 55.9 Å². The molecule has 2 aromatic heterocycles. The fourth-order valence-electron chi connectivity index (χ4n) is 2.46. The largest absolute Gasteiger partial charge is 0.458 e. The predicted octanol–water partition coefficient (Wildman–Crippen LogP) is 3.31. The second kappa shape index (κ2) is 5.99. The summed E-state index contributed by atoms with van der Waals surface area (Å²) >= 11 is 3.52. The fourth-order valence-corrected chi connectivity index (χ4v) is 2.92. The number of halogens is 1. The second-order valence-electron chi connectivity index (χ2n) is 4.84. The van der Waals surface area contributed by atoms with Gasteiger partial charge in [0.2, 0.25) is 0 Å². The van der Waals surface area contributed by atoms with Crippen molar-refractivity contribution in [2.24, 2.45) is 0 Å². The van der Waals surface area contributed by atoms with E-state index in [1.54, 1.807) is 6.33 Å². The number of fused-ring (bicyclic) bond motifs is 1. The van der Waals surface area contributed by atoms with Crippen molar-refractivity contribution in [3.63, 3.8) is 0 Å². The molecule has 0 amide bonds. The van der Waals surface area contributed by atoms with Gasteiger partial charge in [-0.3, -0.25) is 4.68 Å². The number of furan rings is 1. The lowest BCUT2D eigenvalue weighted by Gasteiger charge is -2.13. The lowest BCUT2D eigenvalue weighted by atomic mass is 10.1. The first-order valence-corrected chi connectivity index (χ1v) is 7.74. The number of nitrogens with zero attached hydrogens (tertiary/aromatic N) is 3. The van der Waals surface area contributed by atoms with Crippen LogP contribution in [0, 0.1) is 0 Å². The Morgan fingerprint density at radius 1 is 1.43 bits per heavy atom. The van der Waals surface area contributed by atoms with Crippen molar-refractivity contribution in [3.05, 3.63) is 46.7 Å². The van der Waals surface area contributed by atoms with Crippen LogP contribution in [0.2, 0.25) is 0 Å². The highest BCUT2D eigenvalue weighted by Crippen LogP contribution is 2.30. The summed E-state index contributed by atoms with van der Waals surface area (Å²) in [4.78, 5) is 4.33. The Hall–Kier alpha value is -1.66. The summed E-state index contributed by atoms with van der Waals surface area (Å²) in [7, 11) is 1.93. The van der Waals surface area contributed by atoms with Crippen LogP contribution in [0.5, 0.6) is 0 Å². The van der Waals surface area contributed by atoms with Crippen molar-refractivity contribution in [3.8, 4) is 0 Å². The molecule has 1 aromatic carbocycles. The molecule has 110 valence electrons. The lowest BCUT2D eigenvalue weighted by Crippen LogP contribution is -2.20. The zero-order valence-corrected chi connectivity index (χ0v) is 13.6. The molecule has 0 aliphatic heterocycles. The first-order chi connectivity index (χ1) is 10.2. The van der Waals surface area contributed by atoms with E-state index < -0.39 is 0 Å². The van der Waals surface area contributed by atoms with E-state index in [0.717, 1.165) is 40.0 Å². The van der Waals surface area contributed by atoms with E-state index >= 15 is 0 Å². The Morgan fingerprint density at radius 3 is 3.00 bits per heavy atom. The van der Waals surface area contributed by atoms with Gasteiger partial charge >= 0.3 is 0 Å². The van der Waals surface area contributed by atoms with E-state index in [4.69, 9.17) is 4.42 Å². The van der Waals surface area contributed by atoms with Crippen LogP contribution in [0.4, 0.5) is 0 Å². The molecule has 1 N–H and O–H groups in total. The van der Waals surface area contributed by atoms with Crippen molar-refractivity contribution in [1.82, 2.24) is 20.1 Å². The average Bonchev–Trinajstić information content (AvgIpc) is 3.11. The molecule has 1 atom stereocenters. The minimum Gasteiger partial charge on any atom is -0.458 e. The van der Waals surface area contributed by atoms with Crippen molar-refractivity contribution in [2.45, 2.75) is 25.9 Å². The molecular weight excluding hydrogens is 332 g/mol. The predicted molar refractivity (Wildman–Crippen MR) is 85.1 cm³/mol. The molecule has 5 nitrogen and oxygen atoms in total. The molecule has 1 unspecified atom stereocenters. The summed E-state index contributed by atoms with van der Waals surface area (Å²) in [6.07, 6.45) is 2.34. The molecular formula is C15H17BrN4O. The highest BCUT2D eigenvalue weighted by Gasteiger charge is 2.18. The third-order valence-corrected chi connectivity index (χ3v) is 4.21. The van der Waals surface area contributed by atoms with Crippen LogP contribution < -0.4 is 5.32 Å². The van der Waals surface area contributed by atoms with Crippen LogP contribution in [-0.4, -0.2) is 21.8 Å². The van der Waals surface area contributed by atoms with Crippen LogP contribution in [0.3, 0.4) is 0 Å². The SMILES string of the molecule is CCn1ncnc1CC(NC)c1cc2cccc(Br)c2o1. The summed E-state index contributed by atoms with van der Waals surface area (Å²) in [5, 5.41) is 8.60. The Bertz CT molecular complexity index is 749. The molecule has 0 radical (unpaired) electrons. The van der Waals surface area contributed by atoms with Gasteiger partial charge < -0.3 is 9.73 Å². The van der Waals surface area contributed by atoms with E-state index in [9.17, 15) is 0 Å². The standard InChI is InChI=1S/C15H17BrN4O/c1-3-20-14(18-9-19-20)8-12(17-2)13-7-10-5-4-6-11(16)15(10)21-13/h4-7,9,12,17H,3,8H2,1-2H3. The van der Waals surface area contributed by atoms with Gasteiger partial charge in [0.05, 0.1) is 10.5 Å². The van der Waals surface area contributed by atoms with Crippen LogP contribution in [-0.2, 0) is 13.0 Å². The summed E-state index contributed by atoms with van der Waals surface area (Å²) < 4.78 is 8.88. The number of hydrogen-bond acceptors (Lipinski definition) is 4. The average molecular weight is 349 g/mol. The van der Waals surface area contributed by atoms with Crippen LogP contribution >= 0.6 is 15.9 Å². The first kappa shape index (κ1) is 14.3. The van der Waals surface area contributed by atoms with E-state index in [-0.39, 0.29) is 6.04 Å². The minimum atomic E-state index is 0.0683. The molecule has 3 rings (SSSR count). The molecule has 0 bridgehead atoms. The summed E-state index contributed by atoms with van der Waals surface area (Å²) in [5.41, 5.74) is 0.879. The normalized spacial score (nSPS) is 12.9. The number of hydrogen-bond donors (Lipinski definition) is 1. The molecule has 0 saturated carbocycles. The lowest BCUT2D eigenvalue weighted by molar-refractivity contribution is 0.436. The number of aryl methyl sites for hydroxylation is 1. The fraction of sp³-hybridized carbons (Fsp3) is 0.333. The van der Waals surface area contributed by atoms with Crippen LogP contribution in [0.25, 0.3) is 11.0 Å². The molecule has 6 heteroatoms. The van der Waals surface area contributed by atoms with E-state index in [1.807, 2.05) is 29.9 Å². The highest BCUT2D eigenvalue weighted by molar-refractivity contribution is 9.10. The number of para-hydroxylation sites is 1. The van der Waals surface area contributed by atoms with Gasteiger partial charge in [-0.1, -0.05) is 12.1 Å². The molecule has 0 saturated heterocycles. The number of benzene rings is 1.